The van der Waals surface area contributed by atoms with E-state index >= 15 is 0 Å². The van der Waals surface area contributed by atoms with Crippen LogP contribution in [0.25, 0.3) is 0 Å². The quantitative estimate of drug-likeness (QED) is 0.674. The van der Waals surface area contributed by atoms with Gasteiger partial charge in [0, 0.05) is 22.8 Å². The predicted octanol–water partition coefficient (Wildman–Crippen LogP) is 4.37. The summed E-state index contributed by atoms with van der Waals surface area (Å²) in [5, 5.41) is 7.39. The number of thiazole rings is 1. The number of benzene rings is 1. The van der Waals surface area contributed by atoms with Crippen molar-refractivity contribution in [3.8, 4) is 0 Å². The van der Waals surface area contributed by atoms with E-state index in [1.165, 1.54) is 42.5 Å². The predicted molar refractivity (Wildman–Crippen MR) is 98.4 cm³/mol. The van der Waals surface area contributed by atoms with E-state index in [1.807, 2.05) is 0 Å². The lowest BCUT2D eigenvalue weighted by atomic mass is 10.1. The molecule has 0 spiro atoms. The highest BCUT2D eigenvalue weighted by Crippen LogP contribution is 2.28. The Hall–Kier alpha value is -3.27. The molecule has 6 nitrogen and oxygen atoms in total. The zero-order valence-corrected chi connectivity index (χ0v) is 15.2. The van der Waals surface area contributed by atoms with E-state index in [1.54, 1.807) is 11.6 Å². The van der Waals surface area contributed by atoms with E-state index in [2.05, 4.69) is 20.6 Å². The van der Waals surface area contributed by atoms with Crippen molar-refractivity contribution < 1.29 is 22.8 Å². The first-order valence-electron chi connectivity index (χ1n) is 7.91. The summed E-state index contributed by atoms with van der Waals surface area (Å²) in [6.07, 6.45) is -3.01. The summed E-state index contributed by atoms with van der Waals surface area (Å²) in [5.41, 5.74) is -0.321. The van der Waals surface area contributed by atoms with E-state index in [0.717, 1.165) is 12.1 Å². The van der Waals surface area contributed by atoms with E-state index in [-0.39, 0.29) is 17.2 Å². The molecule has 3 rings (SSSR count). The van der Waals surface area contributed by atoms with Crippen LogP contribution in [0.15, 0.2) is 48.0 Å². The summed E-state index contributed by atoms with van der Waals surface area (Å²) in [5.74, 6) is -0.950. The van der Waals surface area contributed by atoms with Crippen LogP contribution in [0.4, 0.5) is 24.0 Å². The van der Waals surface area contributed by atoms with Crippen LogP contribution in [0.3, 0.4) is 0 Å². The number of hydrogen-bond acceptors (Lipinski definition) is 5. The lowest BCUT2D eigenvalue weighted by Gasteiger charge is -2.11. The first kappa shape index (κ1) is 19.5. The van der Waals surface area contributed by atoms with Gasteiger partial charge in [-0.15, -0.1) is 11.3 Å². The third-order valence-electron chi connectivity index (χ3n) is 3.68. The van der Waals surface area contributed by atoms with Crippen molar-refractivity contribution in [1.82, 2.24) is 9.97 Å². The van der Waals surface area contributed by atoms with Crippen LogP contribution in [-0.2, 0) is 6.18 Å². The van der Waals surface area contributed by atoms with Crippen molar-refractivity contribution in [2.75, 3.05) is 10.6 Å². The van der Waals surface area contributed by atoms with Gasteiger partial charge in [0.1, 0.15) is 5.69 Å². The zero-order valence-electron chi connectivity index (χ0n) is 14.4. The number of anilines is 2. The second-order valence-electron chi connectivity index (χ2n) is 5.65. The van der Waals surface area contributed by atoms with Crippen molar-refractivity contribution in [3.63, 3.8) is 0 Å². The Morgan fingerprint density at radius 2 is 1.71 bits per heavy atom. The van der Waals surface area contributed by atoms with Crippen molar-refractivity contribution in [1.29, 1.82) is 0 Å². The van der Waals surface area contributed by atoms with Gasteiger partial charge in [0.05, 0.1) is 11.3 Å². The standard InChI is InChI=1S/C18H13F3N4O2S/c1-10-13(6-7-14(23-10)18(19,20)21)16(27)24-12-4-2-11(3-5-12)15(26)25-17-22-8-9-28-17/h2-9H,1H3,(H,24,27)(H,22,25,26). The lowest BCUT2D eigenvalue weighted by Crippen LogP contribution is -2.17. The number of alkyl halides is 3. The van der Waals surface area contributed by atoms with Gasteiger partial charge >= 0.3 is 6.18 Å². The van der Waals surface area contributed by atoms with E-state index in [4.69, 9.17) is 0 Å². The number of pyridine rings is 1. The maximum absolute atomic E-state index is 12.7. The minimum atomic E-state index is -4.57. The fourth-order valence-electron chi connectivity index (χ4n) is 2.32. The van der Waals surface area contributed by atoms with Crippen LogP contribution in [0.2, 0.25) is 0 Å². The first-order valence-corrected chi connectivity index (χ1v) is 8.79. The lowest BCUT2D eigenvalue weighted by molar-refractivity contribution is -0.141. The maximum Gasteiger partial charge on any atom is 0.433 e. The molecule has 2 heterocycles. The van der Waals surface area contributed by atoms with Gasteiger partial charge in [0.15, 0.2) is 5.13 Å². The monoisotopic (exact) mass is 406 g/mol. The second kappa shape index (κ2) is 7.77. The number of hydrogen-bond donors (Lipinski definition) is 2. The number of nitrogens with one attached hydrogen (secondary N) is 2. The fraction of sp³-hybridized carbons (Fsp3) is 0.111. The normalized spacial score (nSPS) is 11.1. The molecule has 28 heavy (non-hydrogen) atoms. The third-order valence-corrected chi connectivity index (χ3v) is 4.37. The maximum atomic E-state index is 12.7. The van der Waals surface area contributed by atoms with Gasteiger partial charge in [-0.2, -0.15) is 13.2 Å². The Labute approximate surface area is 161 Å². The largest absolute Gasteiger partial charge is 0.433 e. The molecular weight excluding hydrogens is 393 g/mol. The molecule has 2 N–H and O–H groups in total. The van der Waals surface area contributed by atoms with Gasteiger partial charge in [-0.3, -0.25) is 14.9 Å². The van der Waals surface area contributed by atoms with Gasteiger partial charge in [0.25, 0.3) is 11.8 Å². The minimum Gasteiger partial charge on any atom is -0.322 e. The van der Waals surface area contributed by atoms with Gasteiger partial charge in [-0.25, -0.2) is 9.97 Å². The SMILES string of the molecule is Cc1nc(C(F)(F)F)ccc1C(=O)Nc1ccc(C(=O)Nc2nccs2)cc1. The van der Waals surface area contributed by atoms with Crippen LogP contribution in [0, 0.1) is 6.92 Å². The van der Waals surface area contributed by atoms with Crippen molar-refractivity contribution in [3.05, 3.63) is 70.5 Å². The van der Waals surface area contributed by atoms with Crippen LogP contribution in [0.5, 0.6) is 0 Å². The van der Waals surface area contributed by atoms with Crippen molar-refractivity contribution in [2.24, 2.45) is 0 Å². The summed E-state index contributed by atoms with van der Waals surface area (Å²) >= 11 is 1.28. The average Bonchev–Trinajstić information content (AvgIpc) is 3.14. The average molecular weight is 406 g/mol. The van der Waals surface area contributed by atoms with Crippen molar-refractivity contribution >= 4 is 34.0 Å². The molecule has 0 bridgehead atoms. The number of carbonyl (C=O) groups excluding carboxylic acids is 2. The molecule has 3 aromatic rings. The van der Waals surface area contributed by atoms with E-state index in [0.29, 0.717) is 16.4 Å². The molecule has 0 unspecified atom stereocenters. The second-order valence-corrected chi connectivity index (χ2v) is 6.54. The Morgan fingerprint density at radius 1 is 1.00 bits per heavy atom. The molecule has 0 atom stereocenters. The fourth-order valence-corrected chi connectivity index (χ4v) is 2.84. The molecule has 2 aromatic heterocycles. The molecule has 0 aliphatic carbocycles. The number of carbonyl (C=O) groups is 2. The highest BCUT2D eigenvalue weighted by atomic mass is 32.1. The van der Waals surface area contributed by atoms with E-state index in [9.17, 15) is 22.8 Å². The highest BCUT2D eigenvalue weighted by Gasteiger charge is 2.33. The first-order chi connectivity index (χ1) is 13.2. The molecule has 0 fully saturated rings. The summed E-state index contributed by atoms with van der Waals surface area (Å²) in [6.45, 7) is 1.33. The zero-order chi connectivity index (χ0) is 20.3. The van der Waals surface area contributed by atoms with E-state index < -0.39 is 17.8 Å². The molecule has 10 heteroatoms. The van der Waals surface area contributed by atoms with Gasteiger partial charge < -0.3 is 5.32 Å². The number of rotatable bonds is 4. The highest BCUT2D eigenvalue weighted by molar-refractivity contribution is 7.13. The van der Waals surface area contributed by atoms with Crippen LogP contribution in [0.1, 0.15) is 32.1 Å². The number of nitrogens with zero attached hydrogens (tertiary/aromatic N) is 2. The van der Waals surface area contributed by atoms with Gasteiger partial charge in [-0.1, -0.05) is 0 Å². The van der Waals surface area contributed by atoms with Gasteiger partial charge in [0.2, 0.25) is 0 Å². The van der Waals surface area contributed by atoms with Crippen LogP contribution < -0.4 is 10.6 Å². The molecule has 0 aliphatic heterocycles. The Kier molecular flexibility index (Phi) is 5.41. The number of amides is 2. The molecule has 0 saturated heterocycles. The topological polar surface area (TPSA) is 84.0 Å². The van der Waals surface area contributed by atoms with Crippen molar-refractivity contribution in [2.45, 2.75) is 13.1 Å². The summed E-state index contributed by atoms with van der Waals surface area (Å²) in [7, 11) is 0. The smallest absolute Gasteiger partial charge is 0.322 e. The summed E-state index contributed by atoms with van der Waals surface area (Å²) in [4.78, 5) is 31.8. The Bertz CT molecular complexity index is 1000. The summed E-state index contributed by atoms with van der Waals surface area (Å²) < 4.78 is 38.0. The number of halogens is 3. The number of aryl methyl sites for hydroxylation is 1. The molecule has 0 saturated carbocycles. The molecule has 0 radical (unpaired) electrons. The molecule has 144 valence electrons. The minimum absolute atomic E-state index is 0.0265. The Balaban J connectivity index is 1.68. The molecule has 2 amide bonds. The Morgan fingerprint density at radius 3 is 2.29 bits per heavy atom. The van der Waals surface area contributed by atoms with Crippen LogP contribution in [-0.4, -0.2) is 21.8 Å². The molecule has 0 aliphatic rings. The number of aromatic nitrogens is 2. The van der Waals surface area contributed by atoms with Gasteiger partial charge in [-0.05, 0) is 43.3 Å². The van der Waals surface area contributed by atoms with Crippen LogP contribution >= 0.6 is 11.3 Å². The molecular formula is C18H13F3N4O2S. The summed E-state index contributed by atoms with van der Waals surface area (Å²) in [6, 6.07) is 7.89. The molecule has 1 aromatic carbocycles. The third kappa shape index (κ3) is 4.52.